The fourth-order valence-corrected chi connectivity index (χ4v) is 4.60. The number of hydrogen-bond donors (Lipinski definition) is 2. The molecule has 5 atom stereocenters. The molecule has 1 aliphatic carbocycles. The monoisotopic (exact) mass is 278 g/mol. The number of Topliss-reactive ketones (excluding diaryl/α,β-unsaturated/α-hetero) is 2. The van der Waals surface area contributed by atoms with Crippen LogP contribution < -0.4 is 10.6 Å². The number of rotatable bonds is 3. The van der Waals surface area contributed by atoms with Gasteiger partial charge in [0.1, 0.15) is 5.78 Å². The van der Waals surface area contributed by atoms with E-state index < -0.39 is 5.92 Å². The van der Waals surface area contributed by atoms with Crippen LogP contribution in [0, 0.1) is 17.8 Å². The van der Waals surface area contributed by atoms with E-state index in [1.807, 2.05) is 6.92 Å². The van der Waals surface area contributed by atoms with Crippen molar-refractivity contribution in [2.75, 3.05) is 13.1 Å². The molecule has 3 fully saturated rings. The van der Waals surface area contributed by atoms with E-state index in [9.17, 15) is 9.59 Å². The van der Waals surface area contributed by atoms with Crippen molar-refractivity contribution in [3.63, 3.8) is 0 Å². The zero-order valence-corrected chi connectivity index (χ0v) is 12.4. The summed E-state index contributed by atoms with van der Waals surface area (Å²) >= 11 is 0. The fraction of sp³-hybridized carbons (Fsp3) is 0.875. The summed E-state index contributed by atoms with van der Waals surface area (Å²) in [4.78, 5) is 25.3. The minimum Gasteiger partial charge on any atom is -0.313 e. The molecule has 3 rings (SSSR count). The summed E-state index contributed by atoms with van der Waals surface area (Å²) in [6, 6.07) is 0.0483. The van der Waals surface area contributed by atoms with Crippen molar-refractivity contribution in [3.05, 3.63) is 0 Å². The van der Waals surface area contributed by atoms with Crippen LogP contribution in [0.3, 0.4) is 0 Å². The van der Waals surface area contributed by atoms with Crippen LogP contribution in [-0.4, -0.2) is 36.7 Å². The first-order valence-electron chi connectivity index (χ1n) is 8.27. The van der Waals surface area contributed by atoms with Gasteiger partial charge in [-0.05, 0) is 57.0 Å². The zero-order chi connectivity index (χ0) is 14.1. The first-order valence-corrected chi connectivity index (χ1v) is 8.27. The topological polar surface area (TPSA) is 58.2 Å². The molecule has 112 valence electrons. The van der Waals surface area contributed by atoms with Gasteiger partial charge >= 0.3 is 0 Å². The normalized spacial score (nSPS) is 40.9. The second-order valence-corrected chi connectivity index (χ2v) is 6.62. The van der Waals surface area contributed by atoms with Gasteiger partial charge in [-0.1, -0.05) is 6.92 Å². The molecule has 0 aromatic heterocycles. The second kappa shape index (κ2) is 5.94. The number of ketones is 2. The maximum absolute atomic E-state index is 12.8. The first-order chi connectivity index (χ1) is 9.74. The van der Waals surface area contributed by atoms with Crippen molar-refractivity contribution in [2.24, 2.45) is 17.8 Å². The standard InChI is InChI=1S/C16H26N2O2/c1-2-5-12(19)13-14-10(6-3-8-17-14)11-7-4-9-18-15(11)16(13)20/h10-11,13-15,17-18H,2-9H2,1H3/t10-,11+,13+,14-,15+/m1/s1. The molecule has 1 saturated carbocycles. The summed E-state index contributed by atoms with van der Waals surface area (Å²) in [5, 5.41) is 6.91. The lowest BCUT2D eigenvalue weighted by molar-refractivity contribution is -0.143. The lowest BCUT2D eigenvalue weighted by atomic mass is 9.61. The summed E-state index contributed by atoms with van der Waals surface area (Å²) in [5.41, 5.74) is 0. The summed E-state index contributed by atoms with van der Waals surface area (Å²) in [5.74, 6) is 0.883. The Morgan fingerprint density at radius 2 is 1.85 bits per heavy atom. The Balaban J connectivity index is 1.88. The van der Waals surface area contributed by atoms with Crippen molar-refractivity contribution in [3.8, 4) is 0 Å². The Labute approximate surface area is 121 Å². The van der Waals surface area contributed by atoms with Crippen molar-refractivity contribution in [1.82, 2.24) is 10.6 Å². The summed E-state index contributed by atoms with van der Waals surface area (Å²) in [6.07, 6.45) is 6.02. The maximum Gasteiger partial charge on any atom is 0.162 e. The Hall–Kier alpha value is -0.740. The Morgan fingerprint density at radius 3 is 2.60 bits per heavy atom. The molecule has 4 heteroatoms. The SMILES string of the molecule is CCCC(=O)[C@@H]1C(=O)[C@H]2NCCC[C@H]2[C@H]2CCCN[C@@H]12. The Morgan fingerprint density at radius 1 is 1.15 bits per heavy atom. The molecule has 2 N–H and O–H groups in total. The summed E-state index contributed by atoms with van der Waals surface area (Å²) in [6.45, 7) is 3.89. The molecular formula is C16H26N2O2. The summed E-state index contributed by atoms with van der Waals surface area (Å²) in [7, 11) is 0. The smallest absolute Gasteiger partial charge is 0.162 e. The van der Waals surface area contributed by atoms with E-state index in [0.29, 0.717) is 18.3 Å². The largest absolute Gasteiger partial charge is 0.313 e. The van der Waals surface area contributed by atoms with E-state index in [2.05, 4.69) is 10.6 Å². The number of carbonyl (C=O) groups excluding carboxylic acids is 2. The molecule has 2 saturated heterocycles. The molecule has 0 amide bonds. The van der Waals surface area contributed by atoms with Gasteiger partial charge in [-0.25, -0.2) is 0 Å². The fourth-order valence-electron chi connectivity index (χ4n) is 4.60. The molecule has 2 aliphatic heterocycles. The molecule has 0 spiro atoms. The van der Waals surface area contributed by atoms with Crippen LogP contribution >= 0.6 is 0 Å². The number of fused-ring (bicyclic) bond motifs is 3. The lowest BCUT2D eigenvalue weighted by Gasteiger charge is -2.50. The van der Waals surface area contributed by atoms with Gasteiger partial charge in [0.05, 0.1) is 12.0 Å². The van der Waals surface area contributed by atoms with Crippen molar-refractivity contribution >= 4 is 11.6 Å². The Bertz CT molecular complexity index is 396. The van der Waals surface area contributed by atoms with Crippen LogP contribution in [0.5, 0.6) is 0 Å². The first kappa shape index (κ1) is 14.2. The average molecular weight is 278 g/mol. The van der Waals surface area contributed by atoms with Crippen LogP contribution in [0.15, 0.2) is 0 Å². The number of hydrogen-bond acceptors (Lipinski definition) is 4. The molecule has 2 heterocycles. The second-order valence-electron chi connectivity index (χ2n) is 6.62. The van der Waals surface area contributed by atoms with E-state index in [-0.39, 0.29) is 23.7 Å². The van der Waals surface area contributed by atoms with Crippen LogP contribution in [0.25, 0.3) is 0 Å². The van der Waals surface area contributed by atoms with Crippen molar-refractivity contribution in [1.29, 1.82) is 0 Å². The number of nitrogens with one attached hydrogen (secondary N) is 2. The van der Waals surface area contributed by atoms with E-state index in [1.54, 1.807) is 0 Å². The van der Waals surface area contributed by atoms with Gasteiger partial charge in [0.15, 0.2) is 5.78 Å². The predicted octanol–water partition coefficient (Wildman–Crippen LogP) is 1.29. The molecule has 0 aromatic carbocycles. The average Bonchev–Trinajstić information content (AvgIpc) is 2.48. The van der Waals surface area contributed by atoms with Crippen LogP contribution in [0.2, 0.25) is 0 Å². The highest BCUT2D eigenvalue weighted by Gasteiger charge is 2.52. The van der Waals surface area contributed by atoms with E-state index in [4.69, 9.17) is 0 Å². The van der Waals surface area contributed by atoms with Gasteiger partial charge in [-0.3, -0.25) is 9.59 Å². The minimum absolute atomic E-state index is 0.0595. The molecule has 0 aromatic rings. The van der Waals surface area contributed by atoms with E-state index in [0.717, 1.165) is 32.4 Å². The third-order valence-corrected chi connectivity index (χ3v) is 5.43. The highest BCUT2D eigenvalue weighted by Crippen LogP contribution is 2.41. The molecule has 20 heavy (non-hydrogen) atoms. The lowest BCUT2D eigenvalue weighted by Crippen LogP contribution is -2.66. The highest BCUT2D eigenvalue weighted by molar-refractivity contribution is 6.06. The number of piperidine rings is 2. The molecule has 0 radical (unpaired) electrons. The zero-order valence-electron chi connectivity index (χ0n) is 12.4. The third kappa shape index (κ3) is 2.33. The quantitative estimate of drug-likeness (QED) is 0.764. The Kier molecular flexibility index (Phi) is 4.22. The van der Waals surface area contributed by atoms with Crippen molar-refractivity contribution in [2.45, 2.75) is 57.5 Å². The van der Waals surface area contributed by atoms with Crippen LogP contribution in [-0.2, 0) is 9.59 Å². The van der Waals surface area contributed by atoms with Crippen LogP contribution in [0.4, 0.5) is 0 Å². The predicted molar refractivity (Wildman–Crippen MR) is 77.4 cm³/mol. The molecule has 4 nitrogen and oxygen atoms in total. The van der Waals surface area contributed by atoms with Gasteiger partial charge in [-0.2, -0.15) is 0 Å². The highest BCUT2D eigenvalue weighted by atomic mass is 16.2. The maximum atomic E-state index is 12.8. The van der Waals surface area contributed by atoms with Crippen LogP contribution in [0.1, 0.15) is 45.4 Å². The molecule has 0 bridgehead atoms. The minimum atomic E-state index is -0.396. The molecule has 0 unspecified atom stereocenters. The van der Waals surface area contributed by atoms with Gasteiger partial charge in [0.2, 0.25) is 0 Å². The third-order valence-electron chi connectivity index (χ3n) is 5.43. The van der Waals surface area contributed by atoms with Gasteiger partial charge in [0.25, 0.3) is 0 Å². The van der Waals surface area contributed by atoms with Gasteiger partial charge in [0, 0.05) is 12.5 Å². The van der Waals surface area contributed by atoms with E-state index >= 15 is 0 Å². The van der Waals surface area contributed by atoms with Gasteiger partial charge in [-0.15, -0.1) is 0 Å². The van der Waals surface area contributed by atoms with E-state index in [1.165, 1.54) is 12.8 Å². The number of carbonyl (C=O) groups is 2. The van der Waals surface area contributed by atoms with Gasteiger partial charge < -0.3 is 10.6 Å². The van der Waals surface area contributed by atoms with Crippen molar-refractivity contribution < 1.29 is 9.59 Å². The molecular weight excluding hydrogens is 252 g/mol. The molecule has 3 aliphatic rings. The summed E-state index contributed by atoms with van der Waals surface area (Å²) < 4.78 is 0.